The monoisotopic (exact) mass is 332 g/mol. The first-order valence-electron chi connectivity index (χ1n) is 6.77. The number of hydrogen-bond donors (Lipinski definition) is 0. The summed E-state index contributed by atoms with van der Waals surface area (Å²) >= 11 is 9.26. The predicted molar refractivity (Wildman–Crippen MR) is 83.1 cm³/mol. The zero-order valence-corrected chi connectivity index (χ0v) is 13.2. The van der Waals surface area contributed by atoms with E-state index in [9.17, 15) is 0 Å². The number of ether oxygens (including phenoxy) is 1. The molecule has 0 bridgehead atoms. The van der Waals surface area contributed by atoms with Gasteiger partial charge < -0.3 is 4.74 Å². The number of benzene rings is 1. The van der Waals surface area contributed by atoms with Crippen LogP contribution in [0.5, 0.6) is 5.75 Å². The van der Waals surface area contributed by atoms with E-state index in [0.717, 1.165) is 29.1 Å². The van der Waals surface area contributed by atoms with E-state index in [1.807, 2.05) is 24.3 Å². The fourth-order valence-electron chi connectivity index (χ4n) is 1.80. The minimum absolute atomic E-state index is 0.755. The number of unbranched alkanes of at least 4 members (excludes halogenated alkanes) is 6. The molecule has 0 saturated carbocycles. The molecule has 3 heteroatoms. The molecule has 0 aliphatic rings. The molecule has 0 aromatic heterocycles. The van der Waals surface area contributed by atoms with Gasteiger partial charge >= 0.3 is 0 Å². The highest BCUT2D eigenvalue weighted by Gasteiger charge is 1.95. The standard InChI is InChI=1S/C15H22BrClO/c16-12-6-4-2-1-3-5-7-13-18-15-10-8-14(17)9-11-15/h8-11H,1-7,12-13H2. The first-order valence-corrected chi connectivity index (χ1v) is 8.27. The summed E-state index contributed by atoms with van der Waals surface area (Å²) in [6.45, 7) is 0.809. The van der Waals surface area contributed by atoms with E-state index >= 15 is 0 Å². The van der Waals surface area contributed by atoms with Crippen LogP contribution in [0.4, 0.5) is 0 Å². The maximum Gasteiger partial charge on any atom is 0.119 e. The topological polar surface area (TPSA) is 9.23 Å². The van der Waals surface area contributed by atoms with Crippen LogP contribution in [0, 0.1) is 0 Å². The molecular weight excluding hydrogens is 312 g/mol. The van der Waals surface area contributed by atoms with Crippen LogP contribution in [-0.2, 0) is 0 Å². The lowest BCUT2D eigenvalue weighted by molar-refractivity contribution is 0.304. The lowest BCUT2D eigenvalue weighted by Gasteiger charge is -2.06. The van der Waals surface area contributed by atoms with E-state index in [-0.39, 0.29) is 0 Å². The van der Waals surface area contributed by atoms with Crippen LogP contribution >= 0.6 is 27.5 Å². The third kappa shape index (κ3) is 7.99. The van der Waals surface area contributed by atoms with Crippen molar-refractivity contribution in [3.63, 3.8) is 0 Å². The van der Waals surface area contributed by atoms with E-state index < -0.39 is 0 Å². The fourth-order valence-corrected chi connectivity index (χ4v) is 2.32. The first kappa shape index (κ1) is 15.8. The molecule has 0 fully saturated rings. The second-order valence-corrected chi connectivity index (χ2v) is 5.70. The number of rotatable bonds is 10. The van der Waals surface area contributed by atoms with E-state index in [1.165, 1.54) is 38.5 Å². The van der Waals surface area contributed by atoms with Gasteiger partial charge in [0.1, 0.15) is 5.75 Å². The third-order valence-electron chi connectivity index (χ3n) is 2.86. The van der Waals surface area contributed by atoms with Gasteiger partial charge in [0.2, 0.25) is 0 Å². The SMILES string of the molecule is Clc1ccc(OCCCCCCCCCBr)cc1. The minimum atomic E-state index is 0.755. The summed E-state index contributed by atoms with van der Waals surface area (Å²) in [5, 5.41) is 1.90. The molecule has 102 valence electrons. The molecule has 1 aromatic carbocycles. The van der Waals surface area contributed by atoms with Crippen molar-refractivity contribution in [3.05, 3.63) is 29.3 Å². The molecule has 0 spiro atoms. The zero-order chi connectivity index (χ0) is 13.1. The fraction of sp³-hybridized carbons (Fsp3) is 0.600. The molecular formula is C15H22BrClO. The summed E-state index contributed by atoms with van der Waals surface area (Å²) in [6, 6.07) is 7.56. The Labute approximate surface area is 124 Å². The summed E-state index contributed by atoms with van der Waals surface area (Å²) in [5.74, 6) is 0.914. The Morgan fingerprint density at radius 1 is 0.833 bits per heavy atom. The molecule has 0 aliphatic carbocycles. The summed E-state index contributed by atoms with van der Waals surface area (Å²) in [4.78, 5) is 0. The maximum absolute atomic E-state index is 5.81. The number of hydrogen-bond acceptors (Lipinski definition) is 1. The van der Waals surface area contributed by atoms with Gasteiger partial charge in [-0.2, -0.15) is 0 Å². The highest BCUT2D eigenvalue weighted by Crippen LogP contribution is 2.16. The molecule has 0 N–H and O–H groups in total. The predicted octanol–water partition coefficient (Wildman–Crippen LogP) is 5.84. The van der Waals surface area contributed by atoms with Crippen molar-refractivity contribution in [2.75, 3.05) is 11.9 Å². The van der Waals surface area contributed by atoms with Crippen molar-refractivity contribution in [1.82, 2.24) is 0 Å². The van der Waals surface area contributed by atoms with Crippen LogP contribution in [0.25, 0.3) is 0 Å². The summed E-state index contributed by atoms with van der Waals surface area (Å²) in [5.41, 5.74) is 0. The van der Waals surface area contributed by atoms with Crippen molar-refractivity contribution in [1.29, 1.82) is 0 Å². The van der Waals surface area contributed by atoms with Gasteiger partial charge in [-0.1, -0.05) is 59.6 Å². The molecule has 0 aliphatic heterocycles. The molecule has 0 saturated heterocycles. The first-order chi connectivity index (χ1) is 8.83. The van der Waals surface area contributed by atoms with Gasteiger partial charge in [0.15, 0.2) is 0 Å². The highest BCUT2D eigenvalue weighted by atomic mass is 79.9. The summed E-state index contributed by atoms with van der Waals surface area (Å²) < 4.78 is 5.64. The largest absolute Gasteiger partial charge is 0.494 e. The third-order valence-corrected chi connectivity index (χ3v) is 3.67. The van der Waals surface area contributed by atoms with Crippen molar-refractivity contribution < 1.29 is 4.74 Å². The molecule has 18 heavy (non-hydrogen) atoms. The van der Waals surface area contributed by atoms with E-state index in [0.29, 0.717) is 0 Å². The summed E-state index contributed by atoms with van der Waals surface area (Å²) in [6.07, 6.45) is 9.11. The van der Waals surface area contributed by atoms with E-state index in [2.05, 4.69) is 15.9 Å². The maximum atomic E-state index is 5.81. The van der Waals surface area contributed by atoms with Crippen LogP contribution in [0.3, 0.4) is 0 Å². The molecule has 0 unspecified atom stereocenters. The Morgan fingerprint density at radius 2 is 1.39 bits per heavy atom. The van der Waals surface area contributed by atoms with E-state index in [1.54, 1.807) is 0 Å². The van der Waals surface area contributed by atoms with Gasteiger partial charge in [-0.05, 0) is 37.1 Å². The summed E-state index contributed by atoms with van der Waals surface area (Å²) in [7, 11) is 0. The molecule has 1 nitrogen and oxygen atoms in total. The highest BCUT2D eigenvalue weighted by molar-refractivity contribution is 9.09. The second kappa shape index (κ2) is 10.7. The number of alkyl halides is 1. The van der Waals surface area contributed by atoms with Crippen molar-refractivity contribution in [2.24, 2.45) is 0 Å². The van der Waals surface area contributed by atoms with Crippen molar-refractivity contribution >= 4 is 27.5 Å². The quantitative estimate of drug-likeness (QED) is 0.386. The van der Waals surface area contributed by atoms with Crippen LogP contribution in [0.15, 0.2) is 24.3 Å². The molecule has 1 rings (SSSR count). The average molecular weight is 334 g/mol. The van der Waals surface area contributed by atoms with Gasteiger partial charge in [-0.3, -0.25) is 0 Å². The Morgan fingerprint density at radius 3 is 2.00 bits per heavy atom. The second-order valence-electron chi connectivity index (χ2n) is 4.47. The van der Waals surface area contributed by atoms with Crippen LogP contribution in [-0.4, -0.2) is 11.9 Å². The van der Waals surface area contributed by atoms with Crippen LogP contribution in [0.2, 0.25) is 5.02 Å². The Balaban J connectivity index is 1.91. The lowest BCUT2D eigenvalue weighted by Crippen LogP contribution is -1.96. The Hall–Kier alpha value is -0.210. The molecule has 0 amide bonds. The molecule has 1 aromatic rings. The van der Waals surface area contributed by atoms with Crippen molar-refractivity contribution in [2.45, 2.75) is 44.9 Å². The van der Waals surface area contributed by atoms with Gasteiger partial charge in [0.25, 0.3) is 0 Å². The molecule has 0 heterocycles. The van der Waals surface area contributed by atoms with Crippen molar-refractivity contribution in [3.8, 4) is 5.75 Å². The van der Waals surface area contributed by atoms with Gasteiger partial charge in [-0.15, -0.1) is 0 Å². The number of halogens is 2. The minimum Gasteiger partial charge on any atom is -0.494 e. The van der Waals surface area contributed by atoms with Gasteiger partial charge in [0, 0.05) is 10.4 Å². The zero-order valence-electron chi connectivity index (χ0n) is 10.8. The molecule has 0 radical (unpaired) electrons. The smallest absolute Gasteiger partial charge is 0.119 e. The lowest BCUT2D eigenvalue weighted by atomic mass is 10.1. The average Bonchev–Trinajstić information content (AvgIpc) is 2.39. The normalized spacial score (nSPS) is 10.6. The van der Waals surface area contributed by atoms with Crippen LogP contribution in [0.1, 0.15) is 44.9 Å². The molecule has 0 atom stereocenters. The Bertz CT molecular complexity index is 300. The Kier molecular flexibility index (Phi) is 9.41. The van der Waals surface area contributed by atoms with Gasteiger partial charge in [0.05, 0.1) is 6.61 Å². The van der Waals surface area contributed by atoms with Crippen LogP contribution < -0.4 is 4.74 Å². The van der Waals surface area contributed by atoms with Gasteiger partial charge in [-0.25, -0.2) is 0 Å². The van der Waals surface area contributed by atoms with E-state index in [4.69, 9.17) is 16.3 Å².